The summed E-state index contributed by atoms with van der Waals surface area (Å²) in [5.41, 5.74) is 1.40. The highest BCUT2D eigenvalue weighted by Crippen LogP contribution is 2.25. The van der Waals surface area contributed by atoms with Crippen LogP contribution in [-0.2, 0) is 20.6 Å². The second kappa shape index (κ2) is 9.97. The van der Waals surface area contributed by atoms with Crippen molar-refractivity contribution in [3.8, 4) is 11.5 Å². The molecule has 3 aromatic carbocycles. The van der Waals surface area contributed by atoms with E-state index in [1.807, 2.05) is 48.5 Å². The summed E-state index contributed by atoms with van der Waals surface area (Å²) < 4.78 is 32.9. The Kier molecular flexibility index (Phi) is 6.87. The van der Waals surface area contributed by atoms with Crippen LogP contribution >= 0.6 is 0 Å². The van der Waals surface area contributed by atoms with Crippen molar-refractivity contribution < 1.29 is 17.9 Å². The smallest absolute Gasteiger partial charge is 0.228 e. The number of hydrogen-bond acceptors (Lipinski definition) is 4. The van der Waals surface area contributed by atoms with E-state index in [-0.39, 0.29) is 24.1 Å². The molecule has 1 saturated heterocycles. The molecular formula is C25H26N2O4S. The Labute approximate surface area is 188 Å². The first-order valence-electron chi connectivity index (χ1n) is 10.7. The third-order valence-electron chi connectivity index (χ3n) is 5.44. The van der Waals surface area contributed by atoms with Crippen LogP contribution in [0, 0.1) is 5.92 Å². The van der Waals surface area contributed by atoms with Gasteiger partial charge in [0.1, 0.15) is 11.5 Å². The van der Waals surface area contributed by atoms with E-state index in [4.69, 9.17) is 4.74 Å². The van der Waals surface area contributed by atoms with Crippen molar-refractivity contribution in [3.05, 3.63) is 90.5 Å². The third-order valence-corrected chi connectivity index (χ3v) is 7.26. The molecule has 6 nitrogen and oxygen atoms in total. The minimum atomic E-state index is -3.47. The maximum absolute atomic E-state index is 12.8. The maximum atomic E-state index is 12.8. The Morgan fingerprint density at radius 1 is 0.906 bits per heavy atom. The van der Waals surface area contributed by atoms with Gasteiger partial charge >= 0.3 is 0 Å². The number of para-hydroxylation sites is 1. The molecule has 1 amide bonds. The number of piperidine rings is 1. The molecule has 1 aliphatic rings. The average molecular weight is 451 g/mol. The number of amides is 1. The zero-order chi connectivity index (χ0) is 22.4. The number of hydrogen-bond donors (Lipinski definition) is 1. The van der Waals surface area contributed by atoms with E-state index in [9.17, 15) is 13.2 Å². The normalized spacial score (nSPS) is 16.9. The van der Waals surface area contributed by atoms with Crippen LogP contribution in [-0.4, -0.2) is 31.7 Å². The molecule has 1 aliphatic heterocycles. The number of sulfonamides is 1. The molecular weight excluding hydrogens is 424 g/mol. The van der Waals surface area contributed by atoms with Crippen LogP contribution in [0.4, 0.5) is 5.69 Å². The minimum absolute atomic E-state index is 0.0505. The van der Waals surface area contributed by atoms with E-state index in [0.29, 0.717) is 30.8 Å². The van der Waals surface area contributed by atoms with Gasteiger partial charge in [-0.15, -0.1) is 0 Å². The molecule has 7 heteroatoms. The molecule has 1 atom stereocenters. The molecule has 1 heterocycles. The van der Waals surface area contributed by atoms with Crippen molar-refractivity contribution in [3.63, 3.8) is 0 Å². The first-order valence-corrected chi connectivity index (χ1v) is 12.3. The predicted molar refractivity (Wildman–Crippen MR) is 125 cm³/mol. The van der Waals surface area contributed by atoms with Gasteiger partial charge in [-0.2, -0.15) is 0 Å². The molecule has 0 saturated carbocycles. The number of nitrogens with zero attached hydrogens (tertiary/aromatic N) is 1. The lowest BCUT2D eigenvalue weighted by Crippen LogP contribution is -2.44. The van der Waals surface area contributed by atoms with Crippen molar-refractivity contribution in [2.24, 2.45) is 5.92 Å². The van der Waals surface area contributed by atoms with Crippen LogP contribution in [0.2, 0.25) is 0 Å². The van der Waals surface area contributed by atoms with Gasteiger partial charge in [-0.3, -0.25) is 4.79 Å². The van der Waals surface area contributed by atoms with Crippen LogP contribution in [0.5, 0.6) is 11.5 Å². The second-order valence-corrected chi connectivity index (χ2v) is 9.84. The minimum Gasteiger partial charge on any atom is -0.457 e. The zero-order valence-electron chi connectivity index (χ0n) is 17.7. The summed E-state index contributed by atoms with van der Waals surface area (Å²) >= 11 is 0. The SMILES string of the molecule is O=C(Nc1ccc(Oc2ccccc2)cc1)C1CCCN(S(=O)(=O)Cc2ccccc2)C1. The number of anilines is 1. The van der Waals surface area contributed by atoms with Gasteiger partial charge < -0.3 is 10.1 Å². The number of ether oxygens (including phenoxy) is 1. The van der Waals surface area contributed by atoms with Gasteiger partial charge in [0, 0.05) is 18.8 Å². The molecule has 1 fully saturated rings. The molecule has 0 radical (unpaired) electrons. The first kappa shape index (κ1) is 22.0. The van der Waals surface area contributed by atoms with Gasteiger partial charge in [0.2, 0.25) is 15.9 Å². The summed E-state index contributed by atoms with van der Waals surface area (Å²) in [7, 11) is -3.47. The Bertz CT molecular complexity index is 1130. The lowest BCUT2D eigenvalue weighted by atomic mass is 9.99. The fraction of sp³-hybridized carbons (Fsp3) is 0.240. The Balaban J connectivity index is 1.35. The molecule has 0 aromatic heterocycles. The summed E-state index contributed by atoms with van der Waals surface area (Å²) in [6.45, 7) is 0.653. The van der Waals surface area contributed by atoms with Crippen molar-refractivity contribution in [2.45, 2.75) is 18.6 Å². The quantitative estimate of drug-likeness (QED) is 0.568. The monoisotopic (exact) mass is 450 g/mol. The van der Waals surface area contributed by atoms with Crippen molar-refractivity contribution >= 4 is 21.6 Å². The van der Waals surface area contributed by atoms with E-state index in [0.717, 1.165) is 11.3 Å². The van der Waals surface area contributed by atoms with E-state index in [2.05, 4.69) is 5.32 Å². The maximum Gasteiger partial charge on any atom is 0.228 e. The van der Waals surface area contributed by atoms with Gasteiger partial charge in [0.25, 0.3) is 0 Å². The number of carbonyl (C=O) groups excluding carboxylic acids is 1. The van der Waals surface area contributed by atoms with Crippen LogP contribution in [0.25, 0.3) is 0 Å². The summed E-state index contributed by atoms with van der Waals surface area (Å²) in [5.74, 6) is 0.814. The topological polar surface area (TPSA) is 75.7 Å². The first-order chi connectivity index (χ1) is 15.5. The van der Waals surface area contributed by atoms with Gasteiger partial charge in [-0.1, -0.05) is 48.5 Å². The van der Waals surface area contributed by atoms with E-state index in [1.165, 1.54) is 4.31 Å². The number of benzene rings is 3. The molecule has 3 aromatic rings. The summed E-state index contributed by atoms with van der Waals surface area (Å²) in [4.78, 5) is 12.8. The van der Waals surface area contributed by atoms with Gasteiger partial charge in [-0.25, -0.2) is 12.7 Å². The van der Waals surface area contributed by atoms with Crippen LogP contribution in [0.15, 0.2) is 84.9 Å². The summed E-state index contributed by atoms with van der Waals surface area (Å²) in [5, 5.41) is 2.91. The third kappa shape index (κ3) is 5.75. The van der Waals surface area contributed by atoms with Crippen LogP contribution < -0.4 is 10.1 Å². The van der Waals surface area contributed by atoms with Gasteiger partial charge in [0.15, 0.2) is 0 Å². The Morgan fingerprint density at radius 2 is 1.53 bits per heavy atom. The Hall–Kier alpha value is -3.16. The summed E-state index contributed by atoms with van der Waals surface area (Å²) in [6, 6.07) is 25.7. The molecule has 1 N–H and O–H groups in total. The molecule has 0 aliphatic carbocycles. The van der Waals surface area contributed by atoms with Crippen LogP contribution in [0.3, 0.4) is 0 Å². The summed E-state index contributed by atoms with van der Waals surface area (Å²) in [6.07, 6.45) is 1.33. The van der Waals surface area contributed by atoms with E-state index < -0.39 is 10.0 Å². The largest absolute Gasteiger partial charge is 0.457 e. The number of nitrogens with one attached hydrogen (secondary N) is 1. The van der Waals surface area contributed by atoms with Gasteiger partial charge in [-0.05, 0) is 54.8 Å². The molecule has 0 bridgehead atoms. The van der Waals surface area contributed by atoms with Crippen molar-refractivity contribution in [1.29, 1.82) is 0 Å². The van der Waals surface area contributed by atoms with Crippen molar-refractivity contribution in [1.82, 2.24) is 4.31 Å². The fourth-order valence-corrected chi connectivity index (χ4v) is 5.37. The molecule has 0 spiro atoms. The lowest BCUT2D eigenvalue weighted by Gasteiger charge is -2.31. The number of carbonyl (C=O) groups is 1. The Morgan fingerprint density at radius 3 is 2.22 bits per heavy atom. The molecule has 4 rings (SSSR count). The highest BCUT2D eigenvalue weighted by Gasteiger charge is 2.32. The second-order valence-electron chi connectivity index (χ2n) is 7.87. The highest BCUT2D eigenvalue weighted by atomic mass is 32.2. The average Bonchev–Trinajstić information content (AvgIpc) is 2.81. The van der Waals surface area contributed by atoms with E-state index in [1.54, 1.807) is 36.4 Å². The standard InChI is InChI=1S/C25H26N2O4S/c28-25(26-22-13-15-24(16-14-22)31-23-11-5-2-6-12-23)21-10-7-17-27(18-21)32(29,30)19-20-8-3-1-4-9-20/h1-6,8-9,11-16,21H,7,10,17-19H2,(H,26,28). The molecule has 32 heavy (non-hydrogen) atoms. The molecule has 166 valence electrons. The number of rotatable bonds is 7. The van der Waals surface area contributed by atoms with Gasteiger partial charge in [0.05, 0.1) is 11.7 Å². The van der Waals surface area contributed by atoms with Crippen molar-refractivity contribution in [2.75, 3.05) is 18.4 Å². The highest BCUT2D eigenvalue weighted by molar-refractivity contribution is 7.88. The van der Waals surface area contributed by atoms with E-state index >= 15 is 0 Å². The zero-order valence-corrected chi connectivity index (χ0v) is 18.5. The fourth-order valence-electron chi connectivity index (χ4n) is 3.76. The predicted octanol–water partition coefficient (Wildman–Crippen LogP) is 4.66. The molecule has 1 unspecified atom stereocenters. The lowest BCUT2D eigenvalue weighted by molar-refractivity contribution is -0.120. The van der Waals surface area contributed by atoms with Crippen LogP contribution in [0.1, 0.15) is 18.4 Å².